The van der Waals surface area contributed by atoms with Gasteiger partial charge in [0.25, 0.3) is 0 Å². The van der Waals surface area contributed by atoms with Gasteiger partial charge in [0.2, 0.25) is 0 Å². The van der Waals surface area contributed by atoms with Gasteiger partial charge >= 0.3 is 0 Å². The molecule has 0 amide bonds. The van der Waals surface area contributed by atoms with Crippen molar-refractivity contribution in [3.05, 3.63) is 47.6 Å². The van der Waals surface area contributed by atoms with E-state index in [0.29, 0.717) is 17.3 Å². The summed E-state index contributed by atoms with van der Waals surface area (Å²) < 4.78 is 0. The molecule has 29 heavy (non-hydrogen) atoms. The number of allylic oxidation sites excluding steroid dienone is 6. The van der Waals surface area contributed by atoms with Crippen LogP contribution >= 0.6 is 0 Å². The van der Waals surface area contributed by atoms with Crippen molar-refractivity contribution in [2.75, 3.05) is 0 Å². The molecule has 3 rings (SSSR count). The van der Waals surface area contributed by atoms with E-state index in [0.717, 1.165) is 37.0 Å². The minimum atomic E-state index is -0.182. The fourth-order valence-electron chi connectivity index (χ4n) is 6.25. The summed E-state index contributed by atoms with van der Waals surface area (Å²) in [6, 6.07) is 0. The van der Waals surface area contributed by atoms with Crippen molar-refractivity contribution in [3.63, 3.8) is 0 Å². The fourth-order valence-corrected chi connectivity index (χ4v) is 6.25. The Kier molecular flexibility index (Phi) is 7.31. The first-order valence-electron chi connectivity index (χ1n) is 12.2. The van der Waals surface area contributed by atoms with Crippen LogP contribution in [0.5, 0.6) is 0 Å². The molecule has 162 valence electrons. The molecule has 0 heterocycles. The lowest BCUT2D eigenvalue weighted by atomic mass is 9.61. The zero-order valence-electron chi connectivity index (χ0n) is 19.6. The fraction of sp³-hybridized carbons (Fsp3) is 0.714. The van der Waals surface area contributed by atoms with Gasteiger partial charge in [0.15, 0.2) is 0 Å². The maximum Gasteiger partial charge on any atom is 0.0583 e. The van der Waals surface area contributed by atoms with Crippen molar-refractivity contribution < 1.29 is 5.11 Å². The largest absolute Gasteiger partial charge is 0.393 e. The molecule has 0 saturated heterocycles. The molecule has 3 aliphatic rings. The zero-order valence-corrected chi connectivity index (χ0v) is 19.6. The standard InChI is InChI=1S/C28H44O/c1-19(2)20(3)9-10-22(5)26-15-16-27-23(8-7-17-28(26,27)6)12-13-24-18-25(29)14-11-21(24)4/h9-10,12-13,19-20,22,25-27,29H,4,7-8,11,14-18H2,1-3,5-6H3/t20?,22-,25+,26?,27?,28?/m1/s1. The van der Waals surface area contributed by atoms with Gasteiger partial charge in [-0.25, -0.2) is 0 Å². The predicted octanol–water partition coefficient (Wildman–Crippen LogP) is 7.64. The monoisotopic (exact) mass is 396 g/mol. The van der Waals surface area contributed by atoms with Crippen molar-refractivity contribution in [2.45, 2.75) is 92.1 Å². The molecule has 3 fully saturated rings. The van der Waals surface area contributed by atoms with Gasteiger partial charge in [-0.3, -0.25) is 0 Å². The van der Waals surface area contributed by atoms with Crippen molar-refractivity contribution in [2.24, 2.45) is 35.0 Å². The summed E-state index contributed by atoms with van der Waals surface area (Å²) in [6.07, 6.45) is 18.8. The Morgan fingerprint density at radius 3 is 2.52 bits per heavy atom. The van der Waals surface area contributed by atoms with E-state index >= 15 is 0 Å². The number of rotatable bonds is 5. The lowest BCUT2D eigenvalue weighted by Gasteiger charge is -2.44. The highest BCUT2D eigenvalue weighted by molar-refractivity contribution is 5.36. The van der Waals surface area contributed by atoms with E-state index in [1.807, 2.05) is 0 Å². The molecule has 0 aromatic carbocycles. The van der Waals surface area contributed by atoms with Crippen LogP contribution in [0.3, 0.4) is 0 Å². The Hall–Kier alpha value is -1.08. The first-order valence-corrected chi connectivity index (χ1v) is 12.2. The third-order valence-corrected chi connectivity index (χ3v) is 8.63. The summed E-state index contributed by atoms with van der Waals surface area (Å²) in [7, 11) is 0. The minimum absolute atomic E-state index is 0.182. The number of hydrogen-bond acceptors (Lipinski definition) is 1. The molecule has 4 unspecified atom stereocenters. The van der Waals surface area contributed by atoms with Crippen LogP contribution in [0.15, 0.2) is 47.6 Å². The van der Waals surface area contributed by atoms with Gasteiger partial charge in [0, 0.05) is 0 Å². The number of aliphatic hydroxyl groups excluding tert-OH is 1. The highest BCUT2D eigenvalue weighted by Gasteiger charge is 2.50. The second-order valence-electron chi connectivity index (χ2n) is 10.9. The smallest absolute Gasteiger partial charge is 0.0583 e. The predicted molar refractivity (Wildman–Crippen MR) is 126 cm³/mol. The van der Waals surface area contributed by atoms with Gasteiger partial charge in [0.05, 0.1) is 6.10 Å². The summed E-state index contributed by atoms with van der Waals surface area (Å²) in [6.45, 7) is 16.3. The Balaban J connectivity index is 1.75. The summed E-state index contributed by atoms with van der Waals surface area (Å²) >= 11 is 0. The summed E-state index contributed by atoms with van der Waals surface area (Å²) in [5.41, 5.74) is 4.61. The van der Waals surface area contributed by atoms with Gasteiger partial charge < -0.3 is 5.11 Å². The molecule has 0 aliphatic heterocycles. The van der Waals surface area contributed by atoms with Gasteiger partial charge in [-0.1, -0.05) is 76.6 Å². The van der Waals surface area contributed by atoms with Gasteiger partial charge in [-0.2, -0.15) is 0 Å². The molecule has 1 N–H and O–H groups in total. The highest BCUT2D eigenvalue weighted by Crippen LogP contribution is 2.59. The van der Waals surface area contributed by atoms with E-state index in [9.17, 15) is 5.11 Å². The van der Waals surface area contributed by atoms with Crippen LogP contribution in [0.4, 0.5) is 0 Å². The Morgan fingerprint density at radius 1 is 1.03 bits per heavy atom. The zero-order chi connectivity index (χ0) is 21.2. The Labute approximate surface area is 180 Å². The van der Waals surface area contributed by atoms with Gasteiger partial charge in [0.1, 0.15) is 0 Å². The average Bonchev–Trinajstić information content (AvgIpc) is 3.04. The normalized spacial score (nSPS) is 38.2. The lowest BCUT2D eigenvalue weighted by molar-refractivity contribution is 0.112. The third kappa shape index (κ3) is 4.98. The second-order valence-corrected chi connectivity index (χ2v) is 10.9. The third-order valence-electron chi connectivity index (χ3n) is 8.63. The van der Waals surface area contributed by atoms with Gasteiger partial charge in [-0.15, -0.1) is 0 Å². The summed E-state index contributed by atoms with van der Waals surface area (Å²) in [4.78, 5) is 0. The SMILES string of the molecule is C=C1CC[C@H](O)CC1=CC=C1CCCC2(C)C1CCC2[C@H](C)C=CC(C)C(C)C. The molecule has 1 nitrogen and oxygen atoms in total. The number of fused-ring (bicyclic) bond motifs is 1. The average molecular weight is 397 g/mol. The van der Waals surface area contributed by atoms with Crippen LogP contribution in [0.2, 0.25) is 0 Å². The summed E-state index contributed by atoms with van der Waals surface area (Å²) in [5, 5.41) is 10.0. The topological polar surface area (TPSA) is 20.2 Å². The molecule has 3 aliphatic carbocycles. The maximum absolute atomic E-state index is 10.0. The number of aliphatic hydroxyl groups is 1. The van der Waals surface area contributed by atoms with Crippen LogP contribution in [0, 0.1) is 35.0 Å². The molecule has 6 atom stereocenters. The van der Waals surface area contributed by atoms with E-state index in [1.54, 1.807) is 5.57 Å². The molecule has 0 bridgehead atoms. The van der Waals surface area contributed by atoms with Gasteiger partial charge in [-0.05, 0) is 91.9 Å². The Bertz CT molecular complexity index is 678. The van der Waals surface area contributed by atoms with E-state index in [1.165, 1.54) is 43.3 Å². The molecule has 0 aromatic heterocycles. The van der Waals surface area contributed by atoms with Crippen molar-refractivity contribution in [3.8, 4) is 0 Å². The van der Waals surface area contributed by atoms with E-state index in [2.05, 4.69) is 65.5 Å². The molecule has 0 aromatic rings. The van der Waals surface area contributed by atoms with Crippen LogP contribution in [0.25, 0.3) is 0 Å². The van der Waals surface area contributed by atoms with Crippen molar-refractivity contribution in [1.82, 2.24) is 0 Å². The van der Waals surface area contributed by atoms with E-state index in [4.69, 9.17) is 0 Å². The van der Waals surface area contributed by atoms with E-state index < -0.39 is 0 Å². The van der Waals surface area contributed by atoms with Crippen molar-refractivity contribution in [1.29, 1.82) is 0 Å². The second kappa shape index (κ2) is 9.38. The first kappa shape index (κ1) is 22.6. The maximum atomic E-state index is 10.0. The van der Waals surface area contributed by atoms with Crippen LogP contribution in [-0.2, 0) is 0 Å². The van der Waals surface area contributed by atoms with Crippen molar-refractivity contribution >= 4 is 0 Å². The van der Waals surface area contributed by atoms with Crippen LogP contribution in [0.1, 0.15) is 86.0 Å². The summed E-state index contributed by atoms with van der Waals surface area (Å²) in [5.74, 6) is 3.58. The minimum Gasteiger partial charge on any atom is -0.393 e. The molecular formula is C28H44O. The molecular weight excluding hydrogens is 352 g/mol. The quantitative estimate of drug-likeness (QED) is 0.473. The molecule has 0 radical (unpaired) electrons. The lowest BCUT2D eigenvalue weighted by Crippen LogP contribution is -2.35. The first-order chi connectivity index (χ1) is 13.7. The number of hydrogen-bond donors (Lipinski definition) is 1. The highest BCUT2D eigenvalue weighted by atomic mass is 16.3. The van der Waals surface area contributed by atoms with Crippen LogP contribution in [-0.4, -0.2) is 11.2 Å². The Morgan fingerprint density at radius 2 is 1.79 bits per heavy atom. The molecule has 0 spiro atoms. The van der Waals surface area contributed by atoms with E-state index in [-0.39, 0.29) is 6.10 Å². The molecule has 1 heteroatoms. The van der Waals surface area contributed by atoms with Crippen LogP contribution < -0.4 is 0 Å². The molecule has 3 saturated carbocycles.